The first-order valence-corrected chi connectivity index (χ1v) is 8.54. The van der Waals surface area contributed by atoms with Crippen LogP contribution in [0.1, 0.15) is 16.1 Å². The number of anilines is 2. The number of aromatic nitrogens is 1. The molecule has 136 valence electrons. The van der Waals surface area contributed by atoms with Gasteiger partial charge in [0.15, 0.2) is 5.76 Å². The highest BCUT2D eigenvalue weighted by Crippen LogP contribution is 2.29. The third-order valence-electron chi connectivity index (χ3n) is 4.38. The van der Waals surface area contributed by atoms with E-state index < -0.39 is 0 Å². The Morgan fingerprint density at radius 3 is 2.85 bits per heavy atom. The number of hydrogen-bond donors (Lipinski definition) is 2. The molecule has 1 aromatic heterocycles. The molecule has 27 heavy (non-hydrogen) atoms. The molecule has 0 fully saturated rings. The zero-order chi connectivity index (χ0) is 18.8. The summed E-state index contributed by atoms with van der Waals surface area (Å²) in [7, 11) is 1.84. The molecule has 3 aromatic rings. The van der Waals surface area contributed by atoms with E-state index in [1.165, 1.54) is 0 Å². The molecule has 0 saturated heterocycles. The minimum Gasteiger partial charge on any atom is -0.364 e. The molecular weight excluding hydrogens is 344 g/mol. The Balaban J connectivity index is 1.44. The number of hydrogen-bond acceptors (Lipinski definition) is 5. The number of rotatable bonds is 4. The minimum atomic E-state index is -0.252. The van der Waals surface area contributed by atoms with Crippen molar-refractivity contribution >= 4 is 23.2 Å². The van der Waals surface area contributed by atoms with Crippen LogP contribution in [-0.4, -0.2) is 30.6 Å². The fourth-order valence-corrected chi connectivity index (χ4v) is 3.01. The fourth-order valence-electron chi connectivity index (χ4n) is 3.01. The van der Waals surface area contributed by atoms with Gasteiger partial charge in [-0.3, -0.25) is 9.59 Å². The molecule has 1 aliphatic rings. The quantitative estimate of drug-likeness (QED) is 0.745. The lowest BCUT2D eigenvalue weighted by Crippen LogP contribution is -2.35. The summed E-state index contributed by atoms with van der Waals surface area (Å²) in [6, 6.07) is 16.7. The number of benzene rings is 2. The maximum absolute atomic E-state index is 12.4. The minimum absolute atomic E-state index is 0.0994. The molecule has 0 atom stereocenters. The normalized spacial score (nSPS) is 13.1. The van der Waals surface area contributed by atoms with Gasteiger partial charge in [-0.2, -0.15) is 0 Å². The maximum atomic E-state index is 12.4. The Labute approximate surface area is 156 Å². The van der Waals surface area contributed by atoms with Gasteiger partial charge in [0.1, 0.15) is 5.69 Å². The lowest BCUT2D eigenvalue weighted by atomic mass is 10.1. The summed E-state index contributed by atoms with van der Waals surface area (Å²) in [5.41, 5.74) is 3.65. The molecule has 0 bridgehead atoms. The van der Waals surface area contributed by atoms with Crippen molar-refractivity contribution in [2.75, 3.05) is 23.8 Å². The Bertz CT molecular complexity index is 997. The van der Waals surface area contributed by atoms with E-state index in [4.69, 9.17) is 4.52 Å². The van der Waals surface area contributed by atoms with Crippen LogP contribution in [0.25, 0.3) is 11.3 Å². The van der Waals surface area contributed by atoms with Crippen molar-refractivity contribution in [1.29, 1.82) is 0 Å². The zero-order valence-corrected chi connectivity index (χ0v) is 14.7. The van der Waals surface area contributed by atoms with E-state index in [1.54, 1.807) is 18.2 Å². The van der Waals surface area contributed by atoms with Gasteiger partial charge in [0, 0.05) is 24.2 Å². The van der Waals surface area contributed by atoms with Gasteiger partial charge < -0.3 is 20.1 Å². The van der Waals surface area contributed by atoms with Gasteiger partial charge in [0.25, 0.3) is 5.91 Å². The largest absolute Gasteiger partial charge is 0.364 e. The predicted octanol–water partition coefficient (Wildman–Crippen LogP) is 2.66. The second kappa shape index (κ2) is 6.95. The van der Waals surface area contributed by atoms with Crippen LogP contribution in [-0.2, 0) is 11.3 Å². The van der Waals surface area contributed by atoms with Crippen molar-refractivity contribution in [3.05, 3.63) is 65.9 Å². The first-order valence-electron chi connectivity index (χ1n) is 8.54. The van der Waals surface area contributed by atoms with Crippen LogP contribution in [0.3, 0.4) is 0 Å². The number of likely N-dealkylation sites (N-methyl/N-ethyl adjacent to an activating group) is 1. The summed E-state index contributed by atoms with van der Waals surface area (Å²) < 4.78 is 5.30. The summed E-state index contributed by atoms with van der Waals surface area (Å²) in [6.07, 6.45) is 0. The van der Waals surface area contributed by atoms with Gasteiger partial charge in [-0.15, -0.1) is 0 Å². The van der Waals surface area contributed by atoms with Crippen LogP contribution in [0.5, 0.6) is 0 Å². The SMILES string of the molecule is CN1CC(=O)Nc2cc(C(=O)NCc3cc(-c4ccccc4)no3)ccc21. The standard InChI is InChI=1S/C20H18N4O3/c1-24-12-19(25)22-17-9-14(7-8-18(17)24)20(26)21-11-15-10-16(23-27-15)13-5-3-2-4-6-13/h2-10H,11-12H2,1H3,(H,21,26)(H,22,25). The second-order valence-corrected chi connectivity index (χ2v) is 6.36. The number of carbonyl (C=O) groups excluding carboxylic acids is 2. The van der Waals surface area contributed by atoms with E-state index in [2.05, 4.69) is 15.8 Å². The highest BCUT2D eigenvalue weighted by molar-refractivity contribution is 6.03. The maximum Gasteiger partial charge on any atom is 0.251 e. The van der Waals surface area contributed by atoms with Crippen molar-refractivity contribution < 1.29 is 14.1 Å². The lowest BCUT2D eigenvalue weighted by Gasteiger charge is -2.27. The molecule has 7 nitrogen and oxygen atoms in total. The molecule has 0 saturated carbocycles. The van der Waals surface area contributed by atoms with Crippen LogP contribution in [0.4, 0.5) is 11.4 Å². The Morgan fingerprint density at radius 2 is 2.04 bits per heavy atom. The molecule has 2 heterocycles. The van der Waals surface area contributed by atoms with Gasteiger partial charge in [-0.25, -0.2) is 0 Å². The molecule has 2 aromatic carbocycles. The van der Waals surface area contributed by atoms with Gasteiger partial charge in [-0.1, -0.05) is 35.5 Å². The first-order chi connectivity index (χ1) is 13.1. The van der Waals surface area contributed by atoms with Crippen LogP contribution < -0.4 is 15.5 Å². The summed E-state index contributed by atoms with van der Waals surface area (Å²) in [6.45, 7) is 0.524. The van der Waals surface area contributed by atoms with E-state index in [9.17, 15) is 9.59 Å². The number of fused-ring (bicyclic) bond motifs is 1. The van der Waals surface area contributed by atoms with E-state index in [0.29, 0.717) is 23.6 Å². The molecule has 7 heteroatoms. The molecule has 0 aliphatic carbocycles. The van der Waals surface area contributed by atoms with E-state index in [-0.39, 0.29) is 18.4 Å². The molecule has 2 N–H and O–H groups in total. The van der Waals surface area contributed by atoms with Crippen molar-refractivity contribution in [1.82, 2.24) is 10.5 Å². The second-order valence-electron chi connectivity index (χ2n) is 6.36. The Hall–Kier alpha value is -3.61. The van der Waals surface area contributed by atoms with Gasteiger partial charge in [0.2, 0.25) is 5.91 Å². The van der Waals surface area contributed by atoms with Crippen LogP contribution in [0.15, 0.2) is 59.1 Å². The van der Waals surface area contributed by atoms with Gasteiger partial charge >= 0.3 is 0 Å². The lowest BCUT2D eigenvalue weighted by molar-refractivity contribution is -0.115. The molecule has 0 spiro atoms. The third-order valence-corrected chi connectivity index (χ3v) is 4.38. The van der Waals surface area contributed by atoms with Crippen molar-refractivity contribution in [3.63, 3.8) is 0 Å². The fraction of sp³-hybridized carbons (Fsp3) is 0.150. The number of nitrogens with one attached hydrogen (secondary N) is 2. The first kappa shape index (κ1) is 16.8. The van der Waals surface area contributed by atoms with Crippen molar-refractivity contribution in [3.8, 4) is 11.3 Å². The van der Waals surface area contributed by atoms with Crippen LogP contribution in [0, 0.1) is 0 Å². The van der Waals surface area contributed by atoms with Crippen molar-refractivity contribution in [2.24, 2.45) is 0 Å². The topological polar surface area (TPSA) is 87.5 Å². The summed E-state index contributed by atoms with van der Waals surface area (Å²) in [4.78, 5) is 26.0. The van der Waals surface area contributed by atoms with Crippen LogP contribution >= 0.6 is 0 Å². The van der Waals surface area contributed by atoms with Gasteiger partial charge in [-0.05, 0) is 18.2 Å². The smallest absolute Gasteiger partial charge is 0.251 e. The molecule has 2 amide bonds. The van der Waals surface area contributed by atoms with E-state index >= 15 is 0 Å². The monoisotopic (exact) mass is 362 g/mol. The summed E-state index contributed by atoms with van der Waals surface area (Å²) >= 11 is 0. The van der Waals surface area contributed by atoms with E-state index in [0.717, 1.165) is 16.9 Å². The summed E-state index contributed by atoms with van der Waals surface area (Å²) in [5.74, 6) is 0.212. The molecule has 1 aliphatic heterocycles. The molecule has 0 radical (unpaired) electrons. The zero-order valence-electron chi connectivity index (χ0n) is 14.7. The average molecular weight is 362 g/mol. The Morgan fingerprint density at radius 1 is 1.22 bits per heavy atom. The average Bonchev–Trinajstić information content (AvgIpc) is 3.15. The number of nitrogens with zero attached hydrogens (tertiary/aromatic N) is 2. The molecular formula is C20H18N4O3. The molecule has 4 rings (SSSR count). The summed E-state index contributed by atoms with van der Waals surface area (Å²) in [5, 5.41) is 9.63. The number of carbonyl (C=O) groups is 2. The van der Waals surface area contributed by atoms with E-state index in [1.807, 2.05) is 48.3 Å². The highest BCUT2D eigenvalue weighted by Gasteiger charge is 2.20. The Kier molecular flexibility index (Phi) is 4.33. The predicted molar refractivity (Wildman–Crippen MR) is 101 cm³/mol. The van der Waals surface area contributed by atoms with Crippen molar-refractivity contribution in [2.45, 2.75) is 6.54 Å². The highest BCUT2D eigenvalue weighted by atomic mass is 16.5. The van der Waals surface area contributed by atoms with Crippen LogP contribution in [0.2, 0.25) is 0 Å². The number of amides is 2. The third kappa shape index (κ3) is 3.52. The molecule has 0 unspecified atom stereocenters. The van der Waals surface area contributed by atoms with Gasteiger partial charge in [0.05, 0.1) is 24.5 Å².